The Morgan fingerprint density at radius 1 is 1.13 bits per heavy atom. The maximum absolute atomic E-state index is 13.4. The summed E-state index contributed by atoms with van der Waals surface area (Å²) in [5.74, 6) is -0.197. The van der Waals surface area contributed by atoms with Crippen molar-refractivity contribution in [2.75, 3.05) is 38.1 Å². The molecule has 0 unspecified atom stereocenters. The van der Waals surface area contributed by atoms with Crippen molar-refractivity contribution >= 4 is 21.6 Å². The number of benzene rings is 1. The minimum Gasteiger partial charge on any atom is -0.371 e. The summed E-state index contributed by atoms with van der Waals surface area (Å²) in [6, 6.07) is 8.70. The van der Waals surface area contributed by atoms with Crippen LogP contribution in [0.3, 0.4) is 0 Å². The number of amides is 1. The summed E-state index contributed by atoms with van der Waals surface area (Å²) in [4.78, 5) is 21.4. The zero-order chi connectivity index (χ0) is 21.7. The fraction of sp³-hybridized carbons (Fsp3) is 0.455. The molecule has 0 spiro atoms. The quantitative estimate of drug-likeness (QED) is 0.644. The topological polar surface area (TPSA) is 73.8 Å². The molecule has 30 heavy (non-hydrogen) atoms. The van der Waals surface area contributed by atoms with E-state index in [1.807, 2.05) is 26.0 Å². The van der Waals surface area contributed by atoms with Gasteiger partial charge in [-0.05, 0) is 42.7 Å². The van der Waals surface area contributed by atoms with Crippen LogP contribution in [0.5, 0.6) is 0 Å². The van der Waals surface area contributed by atoms with Crippen molar-refractivity contribution in [2.45, 2.75) is 38.1 Å². The van der Waals surface area contributed by atoms with Crippen molar-refractivity contribution in [3.63, 3.8) is 0 Å². The molecule has 0 radical (unpaired) electrons. The molecule has 1 amide bonds. The summed E-state index contributed by atoms with van der Waals surface area (Å²) in [6.07, 6.45) is 5.56. The molecular weight excluding hydrogens is 400 g/mol. The molecule has 1 saturated heterocycles. The van der Waals surface area contributed by atoms with Crippen LogP contribution < -0.4 is 4.90 Å². The Labute approximate surface area is 179 Å². The van der Waals surface area contributed by atoms with Crippen LogP contribution in [0.2, 0.25) is 0 Å². The number of pyridine rings is 1. The van der Waals surface area contributed by atoms with E-state index in [0.717, 1.165) is 37.2 Å². The van der Waals surface area contributed by atoms with E-state index in [4.69, 9.17) is 0 Å². The molecule has 0 bridgehead atoms. The van der Waals surface area contributed by atoms with E-state index in [1.165, 1.54) is 4.31 Å². The first-order valence-electron chi connectivity index (χ1n) is 10.4. The Hall–Kier alpha value is -2.45. The van der Waals surface area contributed by atoms with Gasteiger partial charge in [-0.2, -0.15) is 4.31 Å². The molecule has 1 fully saturated rings. The zero-order valence-electron chi connectivity index (χ0n) is 17.9. The van der Waals surface area contributed by atoms with Crippen LogP contribution in [0.15, 0.2) is 47.6 Å². The van der Waals surface area contributed by atoms with Crippen LogP contribution in [0.4, 0.5) is 5.69 Å². The summed E-state index contributed by atoms with van der Waals surface area (Å²) in [5.41, 5.74) is 2.15. The largest absolute Gasteiger partial charge is 0.371 e. The van der Waals surface area contributed by atoms with Crippen molar-refractivity contribution in [3.05, 3.63) is 53.9 Å². The number of sulfonamides is 1. The highest BCUT2D eigenvalue weighted by molar-refractivity contribution is 7.89. The van der Waals surface area contributed by atoms with Crippen molar-refractivity contribution in [1.82, 2.24) is 14.2 Å². The van der Waals surface area contributed by atoms with Gasteiger partial charge in [0.1, 0.15) is 0 Å². The first-order chi connectivity index (χ1) is 14.4. The molecule has 0 aliphatic carbocycles. The number of hydrogen-bond donors (Lipinski definition) is 0. The average Bonchev–Trinajstić information content (AvgIpc) is 3.29. The minimum atomic E-state index is -3.65. The van der Waals surface area contributed by atoms with Crippen molar-refractivity contribution in [1.29, 1.82) is 0 Å². The highest BCUT2D eigenvalue weighted by Crippen LogP contribution is 2.29. The molecule has 1 aromatic carbocycles. The molecular formula is C22H30N4O3S. The van der Waals surface area contributed by atoms with Crippen LogP contribution in [-0.2, 0) is 16.6 Å². The Balaban J connectivity index is 1.99. The molecule has 0 N–H and O–H groups in total. The number of nitrogens with zero attached hydrogens (tertiary/aromatic N) is 4. The number of hydrogen-bond acceptors (Lipinski definition) is 5. The van der Waals surface area contributed by atoms with Gasteiger partial charge in [0.05, 0.1) is 10.5 Å². The Kier molecular flexibility index (Phi) is 7.10. The lowest BCUT2D eigenvalue weighted by Gasteiger charge is -2.25. The van der Waals surface area contributed by atoms with Crippen LogP contribution in [-0.4, -0.2) is 61.7 Å². The van der Waals surface area contributed by atoms with Crippen molar-refractivity contribution in [3.8, 4) is 0 Å². The zero-order valence-corrected chi connectivity index (χ0v) is 18.7. The predicted octanol–water partition coefficient (Wildman–Crippen LogP) is 2.98. The first-order valence-corrected chi connectivity index (χ1v) is 11.9. The van der Waals surface area contributed by atoms with E-state index in [9.17, 15) is 13.2 Å². The van der Waals surface area contributed by atoms with Gasteiger partial charge < -0.3 is 9.80 Å². The van der Waals surface area contributed by atoms with Gasteiger partial charge in [-0.3, -0.25) is 9.78 Å². The van der Waals surface area contributed by atoms with Gasteiger partial charge in [0.2, 0.25) is 10.0 Å². The summed E-state index contributed by atoms with van der Waals surface area (Å²) in [7, 11) is -1.92. The molecule has 2 heterocycles. The monoisotopic (exact) mass is 430 g/mol. The average molecular weight is 431 g/mol. The normalized spacial score (nSPS) is 14.3. The van der Waals surface area contributed by atoms with E-state index in [2.05, 4.69) is 9.88 Å². The number of carbonyl (C=O) groups excluding carboxylic acids is 1. The van der Waals surface area contributed by atoms with Crippen molar-refractivity contribution in [2.24, 2.45) is 0 Å². The second kappa shape index (κ2) is 9.57. The molecule has 1 aliphatic heterocycles. The Bertz CT molecular complexity index is 969. The SMILES string of the molecule is CCN(CC)S(=O)(=O)c1ccc(N2CCCC2)c(C(=O)N(C)Cc2cccnc2)c1. The number of aromatic nitrogens is 1. The molecule has 3 rings (SSSR count). The maximum Gasteiger partial charge on any atom is 0.256 e. The summed E-state index contributed by atoms with van der Waals surface area (Å²) in [5, 5.41) is 0. The molecule has 8 heteroatoms. The molecule has 162 valence electrons. The molecule has 7 nitrogen and oxygen atoms in total. The van der Waals surface area contributed by atoms with Gasteiger partial charge in [0.15, 0.2) is 0 Å². The number of rotatable bonds is 8. The highest BCUT2D eigenvalue weighted by Gasteiger charge is 2.27. The van der Waals surface area contributed by atoms with E-state index in [-0.39, 0.29) is 10.8 Å². The standard InChI is InChI=1S/C22H30N4O3S/c1-4-26(5-2)30(28,29)19-10-11-21(25-13-6-7-14-25)20(15-19)22(27)24(3)17-18-9-8-12-23-16-18/h8-12,15-16H,4-7,13-14,17H2,1-3H3. The summed E-state index contributed by atoms with van der Waals surface area (Å²) >= 11 is 0. The van der Waals surface area contributed by atoms with Crippen LogP contribution in [0, 0.1) is 0 Å². The summed E-state index contributed by atoms with van der Waals surface area (Å²) in [6.45, 7) is 6.54. The van der Waals surface area contributed by atoms with Crippen LogP contribution in [0.1, 0.15) is 42.6 Å². The van der Waals surface area contributed by atoms with E-state index < -0.39 is 10.0 Å². The lowest BCUT2D eigenvalue weighted by molar-refractivity contribution is 0.0785. The second-order valence-corrected chi connectivity index (χ2v) is 9.42. The molecule has 0 saturated carbocycles. The van der Waals surface area contributed by atoms with E-state index in [0.29, 0.717) is 25.2 Å². The third-order valence-corrected chi connectivity index (χ3v) is 7.52. The van der Waals surface area contributed by atoms with E-state index >= 15 is 0 Å². The lowest BCUT2D eigenvalue weighted by atomic mass is 10.1. The van der Waals surface area contributed by atoms with E-state index in [1.54, 1.807) is 42.5 Å². The second-order valence-electron chi connectivity index (χ2n) is 7.48. The van der Waals surface area contributed by atoms with Gasteiger partial charge >= 0.3 is 0 Å². The first kappa shape index (κ1) is 22.2. The predicted molar refractivity (Wildman–Crippen MR) is 118 cm³/mol. The lowest BCUT2D eigenvalue weighted by Crippen LogP contribution is -2.32. The smallest absolute Gasteiger partial charge is 0.256 e. The number of anilines is 1. The highest BCUT2D eigenvalue weighted by atomic mass is 32.2. The fourth-order valence-corrected chi connectivity index (χ4v) is 5.32. The van der Waals surface area contributed by atoms with Gasteiger partial charge in [-0.1, -0.05) is 19.9 Å². The Morgan fingerprint density at radius 3 is 2.43 bits per heavy atom. The van der Waals surface area contributed by atoms with Crippen LogP contribution >= 0.6 is 0 Å². The minimum absolute atomic E-state index is 0.160. The molecule has 1 aliphatic rings. The van der Waals surface area contributed by atoms with Gasteiger partial charge in [-0.25, -0.2) is 8.42 Å². The molecule has 0 atom stereocenters. The third-order valence-electron chi connectivity index (χ3n) is 5.48. The van der Waals surface area contributed by atoms with Gasteiger partial charge in [0.25, 0.3) is 5.91 Å². The van der Waals surface area contributed by atoms with Gasteiger partial charge in [0, 0.05) is 57.9 Å². The summed E-state index contributed by atoms with van der Waals surface area (Å²) < 4.78 is 27.5. The van der Waals surface area contributed by atoms with Gasteiger partial charge in [-0.15, -0.1) is 0 Å². The number of carbonyl (C=O) groups is 1. The third kappa shape index (κ3) is 4.65. The molecule has 2 aromatic rings. The Morgan fingerprint density at radius 2 is 1.83 bits per heavy atom. The van der Waals surface area contributed by atoms with Crippen LogP contribution in [0.25, 0.3) is 0 Å². The molecule has 1 aromatic heterocycles. The fourth-order valence-electron chi connectivity index (χ4n) is 3.84. The van der Waals surface area contributed by atoms with Crippen molar-refractivity contribution < 1.29 is 13.2 Å². The maximum atomic E-state index is 13.4.